The smallest absolute Gasteiger partial charge is 0.317 e. The molecule has 1 aromatic carbocycles. The summed E-state index contributed by atoms with van der Waals surface area (Å²) in [6, 6.07) is 7.64. The highest BCUT2D eigenvalue weighted by Gasteiger charge is 2.24. The standard InChI is InChI=1S/C19H24FN3O3/c1-2-10-25-16-4-3-9-23(13-16)19(24)21-12-17-11-18(22-26-17)14-5-7-15(20)8-6-14/h5-8,11,16H,2-4,9-10,12-13H2,1H3,(H,21,24)/t16-/m1/s1. The van der Waals surface area contributed by atoms with Crippen LogP contribution < -0.4 is 5.32 Å². The van der Waals surface area contributed by atoms with Crippen molar-refractivity contribution in [2.24, 2.45) is 0 Å². The van der Waals surface area contributed by atoms with E-state index in [1.54, 1.807) is 23.1 Å². The summed E-state index contributed by atoms with van der Waals surface area (Å²) >= 11 is 0. The van der Waals surface area contributed by atoms with Crippen molar-refractivity contribution < 1.29 is 18.4 Å². The van der Waals surface area contributed by atoms with E-state index in [0.717, 1.165) is 38.0 Å². The third-order valence-corrected chi connectivity index (χ3v) is 4.34. The number of hydrogen-bond donors (Lipinski definition) is 1. The lowest BCUT2D eigenvalue weighted by Gasteiger charge is -2.32. The van der Waals surface area contributed by atoms with Gasteiger partial charge in [0.05, 0.1) is 12.6 Å². The van der Waals surface area contributed by atoms with Crippen LogP contribution in [0.15, 0.2) is 34.9 Å². The van der Waals surface area contributed by atoms with Crippen molar-refractivity contribution in [3.8, 4) is 11.3 Å². The molecule has 1 atom stereocenters. The van der Waals surface area contributed by atoms with Crippen LogP contribution in [0.5, 0.6) is 0 Å². The van der Waals surface area contributed by atoms with Gasteiger partial charge in [-0.05, 0) is 43.5 Å². The average Bonchev–Trinajstić information content (AvgIpc) is 3.14. The molecule has 0 spiro atoms. The van der Waals surface area contributed by atoms with E-state index in [0.29, 0.717) is 18.0 Å². The fourth-order valence-corrected chi connectivity index (χ4v) is 2.97. The van der Waals surface area contributed by atoms with Gasteiger partial charge in [-0.3, -0.25) is 0 Å². The summed E-state index contributed by atoms with van der Waals surface area (Å²) in [5.41, 5.74) is 1.37. The monoisotopic (exact) mass is 361 g/mol. The number of likely N-dealkylation sites (tertiary alicyclic amines) is 1. The molecule has 2 heterocycles. The minimum absolute atomic E-state index is 0.116. The molecule has 26 heavy (non-hydrogen) atoms. The van der Waals surface area contributed by atoms with E-state index in [2.05, 4.69) is 17.4 Å². The first-order valence-electron chi connectivity index (χ1n) is 9.01. The maximum atomic E-state index is 13.0. The van der Waals surface area contributed by atoms with Crippen LogP contribution in [0.1, 0.15) is 31.9 Å². The van der Waals surface area contributed by atoms with Crippen molar-refractivity contribution in [2.75, 3.05) is 19.7 Å². The summed E-state index contributed by atoms with van der Waals surface area (Å²) in [4.78, 5) is 14.1. The molecule has 1 aromatic heterocycles. The van der Waals surface area contributed by atoms with Crippen molar-refractivity contribution >= 4 is 6.03 Å². The number of nitrogens with one attached hydrogen (secondary N) is 1. The van der Waals surface area contributed by atoms with Crippen LogP contribution in [0.3, 0.4) is 0 Å². The van der Waals surface area contributed by atoms with E-state index < -0.39 is 0 Å². The molecule has 1 N–H and O–H groups in total. The Morgan fingerprint density at radius 2 is 2.23 bits per heavy atom. The zero-order chi connectivity index (χ0) is 18.4. The fourth-order valence-electron chi connectivity index (χ4n) is 2.97. The highest BCUT2D eigenvalue weighted by Crippen LogP contribution is 2.19. The molecular formula is C19H24FN3O3. The number of ether oxygens (including phenoxy) is 1. The molecule has 1 fully saturated rings. The molecule has 0 radical (unpaired) electrons. The number of hydrogen-bond acceptors (Lipinski definition) is 4. The number of urea groups is 1. The molecule has 2 aromatic rings. The first-order valence-corrected chi connectivity index (χ1v) is 9.01. The molecule has 0 unspecified atom stereocenters. The lowest BCUT2D eigenvalue weighted by atomic mass is 10.1. The Hall–Kier alpha value is -2.41. The molecule has 3 rings (SSSR count). The van der Waals surface area contributed by atoms with Crippen molar-refractivity contribution in [1.82, 2.24) is 15.4 Å². The third kappa shape index (κ3) is 4.82. The molecule has 1 aliphatic rings. The SMILES string of the molecule is CCCO[C@@H]1CCCN(C(=O)NCc2cc(-c3ccc(F)cc3)no2)C1. The first-order chi connectivity index (χ1) is 12.7. The van der Waals surface area contributed by atoms with Gasteiger partial charge in [0.2, 0.25) is 0 Å². The fraction of sp³-hybridized carbons (Fsp3) is 0.474. The maximum Gasteiger partial charge on any atom is 0.317 e. The summed E-state index contributed by atoms with van der Waals surface area (Å²) in [6.45, 7) is 4.40. The summed E-state index contributed by atoms with van der Waals surface area (Å²) < 4.78 is 24.0. The topological polar surface area (TPSA) is 67.6 Å². The van der Waals surface area contributed by atoms with Crippen LogP contribution in [-0.2, 0) is 11.3 Å². The first kappa shape index (κ1) is 18.4. The number of halogens is 1. The van der Waals surface area contributed by atoms with Gasteiger partial charge in [0, 0.05) is 31.3 Å². The lowest BCUT2D eigenvalue weighted by Crippen LogP contribution is -2.47. The van der Waals surface area contributed by atoms with Crippen molar-refractivity contribution in [2.45, 2.75) is 38.8 Å². The van der Waals surface area contributed by atoms with E-state index in [1.165, 1.54) is 12.1 Å². The predicted molar refractivity (Wildman–Crippen MR) is 95.0 cm³/mol. The van der Waals surface area contributed by atoms with E-state index in [4.69, 9.17) is 9.26 Å². The molecule has 0 aliphatic carbocycles. The average molecular weight is 361 g/mol. The second-order valence-corrected chi connectivity index (χ2v) is 6.43. The number of benzene rings is 1. The van der Waals surface area contributed by atoms with E-state index >= 15 is 0 Å². The van der Waals surface area contributed by atoms with Crippen LogP contribution >= 0.6 is 0 Å². The molecule has 6 nitrogen and oxygen atoms in total. The molecule has 7 heteroatoms. The summed E-state index contributed by atoms with van der Waals surface area (Å²) in [5.74, 6) is 0.251. The summed E-state index contributed by atoms with van der Waals surface area (Å²) in [5, 5.41) is 6.83. The second kappa shape index (κ2) is 8.80. The molecule has 0 bridgehead atoms. The van der Waals surface area contributed by atoms with E-state index in [-0.39, 0.29) is 24.5 Å². The van der Waals surface area contributed by atoms with Crippen LogP contribution in [-0.4, -0.2) is 41.9 Å². The second-order valence-electron chi connectivity index (χ2n) is 6.43. The van der Waals surface area contributed by atoms with Crippen molar-refractivity contribution in [1.29, 1.82) is 0 Å². The Balaban J connectivity index is 1.51. The molecule has 1 aliphatic heterocycles. The van der Waals surface area contributed by atoms with Gasteiger partial charge in [-0.1, -0.05) is 12.1 Å². The zero-order valence-electron chi connectivity index (χ0n) is 14.9. The number of piperidine rings is 1. The Bertz CT molecular complexity index is 717. The summed E-state index contributed by atoms with van der Waals surface area (Å²) in [7, 11) is 0. The van der Waals surface area contributed by atoms with Gasteiger partial charge in [-0.15, -0.1) is 0 Å². The minimum atomic E-state index is -0.299. The number of carbonyl (C=O) groups excluding carboxylic acids is 1. The van der Waals surface area contributed by atoms with Gasteiger partial charge in [-0.25, -0.2) is 9.18 Å². The Morgan fingerprint density at radius 1 is 1.42 bits per heavy atom. The zero-order valence-corrected chi connectivity index (χ0v) is 14.9. The Labute approximate surface area is 152 Å². The quantitative estimate of drug-likeness (QED) is 0.854. The number of nitrogens with zero attached hydrogens (tertiary/aromatic N) is 2. The molecule has 140 valence electrons. The van der Waals surface area contributed by atoms with Crippen LogP contribution in [0.25, 0.3) is 11.3 Å². The largest absolute Gasteiger partial charge is 0.376 e. The van der Waals surface area contributed by atoms with Gasteiger partial charge in [0.1, 0.15) is 11.5 Å². The molecule has 2 amide bonds. The van der Waals surface area contributed by atoms with Gasteiger partial charge >= 0.3 is 6.03 Å². The number of rotatable bonds is 6. The number of aromatic nitrogens is 1. The Kier molecular flexibility index (Phi) is 6.22. The third-order valence-electron chi connectivity index (χ3n) is 4.34. The predicted octanol–water partition coefficient (Wildman–Crippen LogP) is 3.58. The summed E-state index contributed by atoms with van der Waals surface area (Å²) in [6.07, 6.45) is 3.03. The van der Waals surface area contributed by atoms with Gasteiger partial charge in [0.15, 0.2) is 5.76 Å². The lowest BCUT2D eigenvalue weighted by molar-refractivity contribution is 0.00996. The molecule has 0 saturated carbocycles. The van der Waals surface area contributed by atoms with Crippen LogP contribution in [0, 0.1) is 5.82 Å². The molecular weight excluding hydrogens is 337 g/mol. The van der Waals surface area contributed by atoms with E-state index in [1.807, 2.05) is 0 Å². The van der Waals surface area contributed by atoms with Crippen LogP contribution in [0.4, 0.5) is 9.18 Å². The number of carbonyl (C=O) groups is 1. The van der Waals surface area contributed by atoms with Gasteiger partial charge in [0.25, 0.3) is 0 Å². The highest BCUT2D eigenvalue weighted by atomic mass is 19.1. The highest BCUT2D eigenvalue weighted by molar-refractivity contribution is 5.74. The normalized spacial score (nSPS) is 17.3. The van der Waals surface area contributed by atoms with Gasteiger partial charge < -0.3 is 19.5 Å². The van der Waals surface area contributed by atoms with Crippen LogP contribution in [0.2, 0.25) is 0 Å². The number of amides is 2. The minimum Gasteiger partial charge on any atom is -0.376 e. The van der Waals surface area contributed by atoms with E-state index in [9.17, 15) is 9.18 Å². The van der Waals surface area contributed by atoms with Gasteiger partial charge in [-0.2, -0.15) is 0 Å². The Morgan fingerprint density at radius 3 is 3.00 bits per heavy atom. The maximum absolute atomic E-state index is 13.0. The molecule has 1 saturated heterocycles. The van der Waals surface area contributed by atoms with Crippen molar-refractivity contribution in [3.05, 3.63) is 41.9 Å². The van der Waals surface area contributed by atoms with Crippen molar-refractivity contribution in [3.63, 3.8) is 0 Å².